The number of hydrogen-bond acceptors (Lipinski definition) is 0. The van der Waals surface area contributed by atoms with Gasteiger partial charge in [-0.1, -0.05) is 36.4 Å². The third-order valence-electron chi connectivity index (χ3n) is 8.00. The van der Waals surface area contributed by atoms with Gasteiger partial charge in [0.2, 0.25) is 0 Å². The van der Waals surface area contributed by atoms with Crippen LogP contribution in [-0.2, 0) is 0 Å². The lowest BCUT2D eigenvalue weighted by molar-refractivity contribution is -0.128. The normalized spacial score (nSPS) is 43.4. The standard InChI is InChI=1S/C21H18/c1-3-11-4-2-6-15-18(11)14(5-1)19-16-9-12-7-8-13-10-17(20(15)19)21(12,13)16/h1-6,12-13,16-17H,7-10H2. The molecule has 102 valence electrons. The zero-order valence-corrected chi connectivity index (χ0v) is 12.1. The van der Waals surface area contributed by atoms with Crippen molar-refractivity contribution in [3.8, 4) is 0 Å². The van der Waals surface area contributed by atoms with Crippen LogP contribution in [0.15, 0.2) is 36.4 Å². The van der Waals surface area contributed by atoms with Crippen LogP contribution >= 0.6 is 0 Å². The van der Waals surface area contributed by atoms with E-state index in [-0.39, 0.29) is 0 Å². The van der Waals surface area contributed by atoms with Crippen molar-refractivity contribution >= 4 is 21.9 Å². The minimum absolute atomic E-state index is 0.750. The molecule has 2 aromatic rings. The van der Waals surface area contributed by atoms with Crippen LogP contribution in [0.4, 0.5) is 0 Å². The summed E-state index contributed by atoms with van der Waals surface area (Å²) in [6, 6.07) is 14.0. The lowest BCUT2D eigenvalue weighted by atomic mass is 9.40. The van der Waals surface area contributed by atoms with Crippen molar-refractivity contribution < 1.29 is 0 Å². The molecule has 0 radical (unpaired) electrons. The molecule has 2 aromatic carbocycles. The van der Waals surface area contributed by atoms with E-state index in [1.807, 2.05) is 0 Å². The first kappa shape index (κ1) is 10.2. The van der Waals surface area contributed by atoms with Gasteiger partial charge in [0.05, 0.1) is 0 Å². The van der Waals surface area contributed by atoms with Gasteiger partial charge in [0, 0.05) is 0 Å². The van der Waals surface area contributed by atoms with Crippen LogP contribution in [-0.4, -0.2) is 0 Å². The second-order valence-corrected chi connectivity index (χ2v) is 8.08. The Morgan fingerprint density at radius 2 is 1.33 bits per heavy atom. The number of hydrogen-bond donors (Lipinski definition) is 0. The van der Waals surface area contributed by atoms with Crippen molar-refractivity contribution in [1.82, 2.24) is 0 Å². The second kappa shape index (κ2) is 2.84. The van der Waals surface area contributed by atoms with Gasteiger partial charge < -0.3 is 0 Å². The topological polar surface area (TPSA) is 0 Å². The van der Waals surface area contributed by atoms with E-state index in [2.05, 4.69) is 36.4 Å². The van der Waals surface area contributed by atoms with Crippen molar-refractivity contribution in [3.05, 3.63) is 47.5 Å². The molecule has 0 heteroatoms. The molecule has 21 heavy (non-hydrogen) atoms. The van der Waals surface area contributed by atoms with Gasteiger partial charge in [0.15, 0.2) is 0 Å². The molecule has 7 rings (SSSR count). The number of fused-ring (bicyclic) bond motifs is 4. The van der Waals surface area contributed by atoms with E-state index in [9.17, 15) is 0 Å². The molecule has 5 aliphatic carbocycles. The number of benzene rings is 2. The van der Waals surface area contributed by atoms with Crippen molar-refractivity contribution in [1.29, 1.82) is 0 Å². The first-order chi connectivity index (χ1) is 10.4. The lowest BCUT2D eigenvalue weighted by Gasteiger charge is -2.64. The highest BCUT2D eigenvalue weighted by Crippen LogP contribution is 2.85. The summed E-state index contributed by atoms with van der Waals surface area (Å²) in [6.45, 7) is 0. The number of allylic oxidation sites excluding steroid dienone is 2. The van der Waals surface area contributed by atoms with Crippen LogP contribution < -0.4 is 0 Å². The zero-order valence-electron chi connectivity index (χ0n) is 12.1. The van der Waals surface area contributed by atoms with Gasteiger partial charge in [-0.05, 0) is 87.8 Å². The maximum absolute atomic E-state index is 2.41. The monoisotopic (exact) mass is 270 g/mol. The van der Waals surface area contributed by atoms with Crippen molar-refractivity contribution in [2.75, 3.05) is 0 Å². The first-order valence-corrected chi connectivity index (χ1v) is 8.67. The highest BCUT2D eigenvalue weighted by Gasteiger charge is 2.76. The molecule has 4 atom stereocenters. The zero-order chi connectivity index (χ0) is 13.3. The van der Waals surface area contributed by atoms with Gasteiger partial charge in [-0.3, -0.25) is 0 Å². The van der Waals surface area contributed by atoms with Crippen LogP contribution in [0.1, 0.15) is 36.8 Å². The van der Waals surface area contributed by atoms with E-state index in [4.69, 9.17) is 0 Å². The first-order valence-electron chi connectivity index (χ1n) is 8.67. The van der Waals surface area contributed by atoms with E-state index in [0.717, 1.165) is 29.1 Å². The van der Waals surface area contributed by atoms with E-state index >= 15 is 0 Å². The summed E-state index contributed by atoms with van der Waals surface area (Å²) in [7, 11) is 0. The van der Waals surface area contributed by atoms with Crippen LogP contribution in [0, 0.1) is 29.1 Å². The molecule has 0 nitrogen and oxygen atoms in total. The highest BCUT2D eigenvalue weighted by molar-refractivity contribution is 6.16. The molecule has 3 saturated carbocycles. The molecule has 0 saturated heterocycles. The summed E-state index contributed by atoms with van der Waals surface area (Å²) in [5.74, 6) is 3.98. The van der Waals surface area contributed by atoms with E-state index < -0.39 is 0 Å². The van der Waals surface area contributed by atoms with Gasteiger partial charge >= 0.3 is 0 Å². The molecular weight excluding hydrogens is 252 g/mol. The van der Waals surface area contributed by atoms with Crippen LogP contribution in [0.5, 0.6) is 0 Å². The Morgan fingerprint density at radius 3 is 1.90 bits per heavy atom. The smallest absolute Gasteiger partial charge is 0.00329 e. The molecule has 0 aromatic heterocycles. The lowest BCUT2D eigenvalue weighted by Crippen LogP contribution is -2.58. The molecule has 1 spiro atoms. The second-order valence-electron chi connectivity index (χ2n) is 8.08. The summed E-state index contributed by atoms with van der Waals surface area (Å²) in [5, 5.41) is 3.02. The number of rotatable bonds is 0. The molecule has 5 aliphatic rings. The molecule has 0 aliphatic heterocycles. The Labute approximate surface area is 124 Å². The van der Waals surface area contributed by atoms with E-state index in [1.165, 1.54) is 31.1 Å². The van der Waals surface area contributed by atoms with Gasteiger partial charge in [-0.15, -0.1) is 0 Å². The maximum atomic E-state index is 2.41. The summed E-state index contributed by atoms with van der Waals surface area (Å²) in [4.78, 5) is 0. The average molecular weight is 270 g/mol. The SMILES string of the molecule is c1cc2c3c(cccc3c1)C1=C2C2CC3CCC4CC1C342. The summed E-state index contributed by atoms with van der Waals surface area (Å²) >= 11 is 0. The minimum Gasteiger partial charge on any atom is -0.0610 e. The molecule has 0 heterocycles. The van der Waals surface area contributed by atoms with E-state index in [1.54, 1.807) is 27.7 Å². The van der Waals surface area contributed by atoms with Gasteiger partial charge in [-0.2, -0.15) is 0 Å². The van der Waals surface area contributed by atoms with Crippen molar-refractivity contribution in [2.45, 2.75) is 25.7 Å². The van der Waals surface area contributed by atoms with Crippen LogP contribution in [0.3, 0.4) is 0 Å². The van der Waals surface area contributed by atoms with Crippen molar-refractivity contribution in [3.63, 3.8) is 0 Å². The summed E-state index contributed by atoms with van der Waals surface area (Å²) in [5.41, 5.74) is 7.56. The Bertz CT molecular complexity index is 815. The Balaban J connectivity index is 1.58. The largest absolute Gasteiger partial charge is 0.0610 e. The summed E-state index contributed by atoms with van der Waals surface area (Å²) < 4.78 is 0. The predicted molar refractivity (Wildman–Crippen MR) is 85.6 cm³/mol. The highest BCUT2D eigenvalue weighted by atomic mass is 14.8. The predicted octanol–water partition coefficient (Wildman–Crippen LogP) is 5.13. The average Bonchev–Trinajstić information content (AvgIpc) is 2.96. The molecule has 0 bridgehead atoms. The molecule has 0 amide bonds. The Kier molecular flexibility index (Phi) is 1.38. The fourth-order valence-corrected chi connectivity index (χ4v) is 7.48. The molecule has 4 unspecified atom stereocenters. The molecule has 0 N–H and O–H groups in total. The van der Waals surface area contributed by atoms with Crippen LogP contribution in [0.2, 0.25) is 0 Å². The third kappa shape index (κ3) is 0.790. The molecular formula is C21H18. The van der Waals surface area contributed by atoms with E-state index in [0.29, 0.717) is 0 Å². The third-order valence-corrected chi connectivity index (χ3v) is 8.00. The van der Waals surface area contributed by atoms with Gasteiger partial charge in [0.25, 0.3) is 0 Å². The van der Waals surface area contributed by atoms with Gasteiger partial charge in [-0.25, -0.2) is 0 Å². The summed E-state index contributed by atoms with van der Waals surface area (Å²) in [6.07, 6.45) is 6.06. The fraction of sp³-hybridized carbons (Fsp3) is 0.429. The Hall–Kier alpha value is -1.56. The van der Waals surface area contributed by atoms with Gasteiger partial charge in [0.1, 0.15) is 0 Å². The fourth-order valence-electron chi connectivity index (χ4n) is 7.48. The quantitative estimate of drug-likeness (QED) is 0.622. The maximum Gasteiger partial charge on any atom is -0.00329 e. The minimum atomic E-state index is 0.750. The van der Waals surface area contributed by atoms with Crippen molar-refractivity contribution in [2.24, 2.45) is 29.1 Å². The van der Waals surface area contributed by atoms with Crippen LogP contribution in [0.25, 0.3) is 21.9 Å². The molecule has 3 fully saturated rings. The Morgan fingerprint density at radius 1 is 0.762 bits per heavy atom.